The number of para-hydroxylation sites is 2. The van der Waals surface area contributed by atoms with Crippen LogP contribution in [0, 0.1) is 10.4 Å². The Kier molecular flexibility index (Phi) is 2.69. The molecule has 4 heteroatoms. The lowest BCUT2D eigenvalue weighted by atomic mass is 9.99. The highest BCUT2D eigenvalue weighted by molar-refractivity contribution is 5.99. The molecule has 0 aliphatic rings. The molecule has 0 aliphatic carbocycles. The first-order valence-electron chi connectivity index (χ1n) is 6.98. The number of pyridine rings is 2. The van der Waals surface area contributed by atoms with Crippen LogP contribution >= 0.6 is 0 Å². The Hall–Kier alpha value is -3.14. The van der Waals surface area contributed by atoms with Crippen LogP contribution in [0.25, 0.3) is 32.9 Å². The highest BCUT2D eigenvalue weighted by Crippen LogP contribution is 2.30. The van der Waals surface area contributed by atoms with Crippen molar-refractivity contribution in [2.45, 2.75) is 0 Å². The molecule has 0 saturated heterocycles. The predicted octanol–water partition coefficient (Wildman–Crippen LogP) is 2.93. The molecule has 0 amide bonds. The first-order valence-corrected chi connectivity index (χ1v) is 6.98. The summed E-state index contributed by atoms with van der Waals surface area (Å²) in [6.07, 6.45) is 2.95. The minimum absolute atomic E-state index is 0.571. The SMILES string of the molecule is [O-][n+]1cccc2cccc(-c3cccc4ccc[n+]([O-])c34)c21. The lowest BCUT2D eigenvalue weighted by Gasteiger charge is -2.09. The normalized spacial score (nSPS) is 11.1. The van der Waals surface area contributed by atoms with Crippen molar-refractivity contribution in [3.8, 4) is 11.1 Å². The second-order valence-corrected chi connectivity index (χ2v) is 5.15. The second kappa shape index (κ2) is 4.70. The van der Waals surface area contributed by atoms with Crippen molar-refractivity contribution in [1.29, 1.82) is 0 Å². The summed E-state index contributed by atoms with van der Waals surface area (Å²) in [5.41, 5.74) is 2.66. The molecule has 0 unspecified atom stereocenters. The molecule has 0 radical (unpaired) electrons. The third-order valence-electron chi connectivity index (χ3n) is 3.86. The molecule has 4 aromatic rings. The van der Waals surface area contributed by atoms with Crippen LogP contribution in [-0.2, 0) is 0 Å². The van der Waals surface area contributed by atoms with E-state index in [0.29, 0.717) is 11.0 Å². The molecule has 2 heterocycles. The second-order valence-electron chi connectivity index (χ2n) is 5.15. The Morgan fingerprint density at radius 2 is 0.955 bits per heavy atom. The zero-order chi connectivity index (χ0) is 15.1. The van der Waals surface area contributed by atoms with E-state index < -0.39 is 0 Å². The van der Waals surface area contributed by atoms with E-state index in [4.69, 9.17) is 0 Å². The molecule has 4 nitrogen and oxygen atoms in total. The fourth-order valence-corrected chi connectivity index (χ4v) is 2.92. The van der Waals surface area contributed by atoms with E-state index in [1.54, 1.807) is 12.1 Å². The Bertz CT molecular complexity index is 918. The summed E-state index contributed by atoms with van der Waals surface area (Å²) in [5.74, 6) is 0. The number of hydrogen-bond acceptors (Lipinski definition) is 2. The highest BCUT2D eigenvalue weighted by atomic mass is 16.5. The number of fused-ring (bicyclic) bond motifs is 2. The van der Waals surface area contributed by atoms with Crippen LogP contribution in [-0.4, -0.2) is 0 Å². The lowest BCUT2D eigenvalue weighted by molar-refractivity contribution is -0.577. The summed E-state index contributed by atoms with van der Waals surface area (Å²) in [6, 6.07) is 18.5. The summed E-state index contributed by atoms with van der Waals surface area (Å²) >= 11 is 0. The van der Waals surface area contributed by atoms with Crippen molar-refractivity contribution in [2.24, 2.45) is 0 Å². The molecule has 106 valence electrons. The molecule has 2 aromatic heterocycles. The van der Waals surface area contributed by atoms with Gasteiger partial charge in [-0.2, -0.15) is 9.46 Å². The number of hydrogen-bond donors (Lipinski definition) is 0. The smallest absolute Gasteiger partial charge is 0.231 e. The maximum atomic E-state index is 12.2. The van der Waals surface area contributed by atoms with Crippen molar-refractivity contribution < 1.29 is 9.46 Å². The van der Waals surface area contributed by atoms with E-state index in [1.807, 2.05) is 48.5 Å². The van der Waals surface area contributed by atoms with Crippen molar-refractivity contribution in [1.82, 2.24) is 0 Å². The van der Waals surface area contributed by atoms with Gasteiger partial charge in [-0.25, -0.2) is 0 Å². The van der Waals surface area contributed by atoms with E-state index in [2.05, 4.69) is 0 Å². The summed E-state index contributed by atoms with van der Waals surface area (Å²) < 4.78 is 1.70. The van der Waals surface area contributed by atoms with Gasteiger partial charge < -0.3 is 10.4 Å². The minimum Gasteiger partial charge on any atom is -0.618 e. The zero-order valence-corrected chi connectivity index (χ0v) is 11.6. The van der Waals surface area contributed by atoms with Gasteiger partial charge in [0.1, 0.15) is 0 Å². The maximum absolute atomic E-state index is 12.2. The van der Waals surface area contributed by atoms with Crippen LogP contribution in [0.4, 0.5) is 0 Å². The van der Waals surface area contributed by atoms with Gasteiger partial charge in [-0.05, 0) is 36.4 Å². The van der Waals surface area contributed by atoms with E-state index in [9.17, 15) is 10.4 Å². The molecule has 22 heavy (non-hydrogen) atoms. The summed E-state index contributed by atoms with van der Waals surface area (Å²) in [6.45, 7) is 0. The van der Waals surface area contributed by atoms with Gasteiger partial charge in [0, 0.05) is 22.9 Å². The minimum atomic E-state index is 0.571. The quantitative estimate of drug-likeness (QED) is 0.399. The average Bonchev–Trinajstić information content (AvgIpc) is 2.54. The molecule has 4 rings (SSSR count). The molecule has 2 aromatic carbocycles. The molecule has 0 aliphatic heterocycles. The zero-order valence-electron chi connectivity index (χ0n) is 11.6. The average molecular weight is 288 g/mol. The molecule has 0 atom stereocenters. The number of nitrogens with zero attached hydrogens (tertiary/aromatic N) is 2. The monoisotopic (exact) mass is 288 g/mol. The summed E-state index contributed by atoms with van der Waals surface area (Å²) in [5, 5.41) is 26.1. The topological polar surface area (TPSA) is 53.9 Å². The van der Waals surface area contributed by atoms with Crippen molar-refractivity contribution in [2.75, 3.05) is 0 Å². The Morgan fingerprint density at radius 1 is 0.545 bits per heavy atom. The Morgan fingerprint density at radius 3 is 1.41 bits per heavy atom. The Balaban J connectivity index is 2.17. The van der Waals surface area contributed by atoms with Crippen LogP contribution in [0.15, 0.2) is 73.1 Å². The number of benzene rings is 2. The van der Waals surface area contributed by atoms with Gasteiger partial charge in [0.15, 0.2) is 12.4 Å². The van der Waals surface area contributed by atoms with Crippen LogP contribution < -0.4 is 9.46 Å². The van der Waals surface area contributed by atoms with Gasteiger partial charge in [0.05, 0.1) is 11.1 Å². The maximum Gasteiger partial charge on any atom is 0.231 e. The molecular formula is C18H12N2O2. The largest absolute Gasteiger partial charge is 0.618 e. The van der Waals surface area contributed by atoms with E-state index >= 15 is 0 Å². The van der Waals surface area contributed by atoms with E-state index in [-0.39, 0.29) is 0 Å². The molecule has 0 bridgehead atoms. The van der Waals surface area contributed by atoms with Gasteiger partial charge in [-0.1, -0.05) is 12.1 Å². The predicted molar refractivity (Wildman–Crippen MR) is 84.8 cm³/mol. The lowest BCUT2D eigenvalue weighted by Crippen LogP contribution is -2.28. The summed E-state index contributed by atoms with van der Waals surface area (Å²) in [4.78, 5) is 0. The Labute approximate surface area is 126 Å². The molecule has 0 N–H and O–H groups in total. The standard InChI is InChI=1S/C18H12N2O2/c21-19-11-3-7-13-5-1-9-15(17(13)19)16-10-2-6-14-8-4-12-20(22)18(14)16/h1-12H. The first kappa shape index (κ1) is 12.6. The third kappa shape index (κ3) is 1.78. The summed E-state index contributed by atoms with van der Waals surface area (Å²) in [7, 11) is 0. The van der Waals surface area contributed by atoms with Crippen LogP contribution in [0.2, 0.25) is 0 Å². The highest BCUT2D eigenvalue weighted by Gasteiger charge is 2.17. The molecule has 0 spiro atoms. The first-order chi connectivity index (χ1) is 10.8. The van der Waals surface area contributed by atoms with Crippen molar-refractivity contribution >= 4 is 21.8 Å². The van der Waals surface area contributed by atoms with E-state index in [0.717, 1.165) is 31.4 Å². The van der Waals surface area contributed by atoms with Crippen molar-refractivity contribution in [3.63, 3.8) is 0 Å². The van der Waals surface area contributed by atoms with Gasteiger partial charge in [-0.3, -0.25) is 0 Å². The van der Waals surface area contributed by atoms with Gasteiger partial charge in [-0.15, -0.1) is 0 Å². The van der Waals surface area contributed by atoms with Crippen LogP contribution in [0.1, 0.15) is 0 Å². The van der Waals surface area contributed by atoms with E-state index in [1.165, 1.54) is 12.4 Å². The van der Waals surface area contributed by atoms with Gasteiger partial charge in [0.25, 0.3) is 0 Å². The van der Waals surface area contributed by atoms with Crippen molar-refractivity contribution in [3.05, 3.63) is 83.5 Å². The fraction of sp³-hybridized carbons (Fsp3) is 0. The van der Waals surface area contributed by atoms with Crippen LogP contribution in [0.3, 0.4) is 0 Å². The number of rotatable bonds is 1. The number of aromatic nitrogens is 2. The van der Waals surface area contributed by atoms with Gasteiger partial charge >= 0.3 is 0 Å². The third-order valence-corrected chi connectivity index (χ3v) is 3.86. The fourth-order valence-electron chi connectivity index (χ4n) is 2.92. The molecular weight excluding hydrogens is 276 g/mol. The molecule has 0 fully saturated rings. The van der Waals surface area contributed by atoms with Crippen LogP contribution in [0.5, 0.6) is 0 Å². The van der Waals surface area contributed by atoms with Gasteiger partial charge in [0.2, 0.25) is 11.0 Å². The molecule has 0 saturated carbocycles.